The van der Waals surface area contributed by atoms with E-state index >= 15 is 0 Å². The summed E-state index contributed by atoms with van der Waals surface area (Å²) in [6.45, 7) is 4.78. The fourth-order valence-electron chi connectivity index (χ4n) is 7.95. The molecule has 11 nitrogen and oxygen atoms in total. The van der Waals surface area contributed by atoms with Crippen LogP contribution in [0.1, 0.15) is 73.5 Å². The number of benzene rings is 1. The van der Waals surface area contributed by atoms with Crippen molar-refractivity contribution >= 4 is 5.69 Å². The van der Waals surface area contributed by atoms with Crippen LogP contribution in [0.2, 0.25) is 0 Å². The van der Waals surface area contributed by atoms with Gasteiger partial charge in [0.2, 0.25) is 11.8 Å². The van der Waals surface area contributed by atoms with Gasteiger partial charge in [-0.15, -0.1) is 0 Å². The van der Waals surface area contributed by atoms with E-state index in [0.29, 0.717) is 60.4 Å². The number of anilines is 1. The lowest BCUT2D eigenvalue weighted by Gasteiger charge is -2.45. The molecule has 1 spiro atoms. The highest BCUT2D eigenvalue weighted by Crippen LogP contribution is 2.53. The summed E-state index contributed by atoms with van der Waals surface area (Å²) in [6, 6.07) is 8.43. The minimum Gasteiger partial charge on any atom is -0.475 e. The van der Waals surface area contributed by atoms with Crippen LogP contribution in [0.15, 0.2) is 22.7 Å². The van der Waals surface area contributed by atoms with Gasteiger partial charge in [0.25, 0.3) is 0 Å². The summed E-state index contributed by atoms with van der Waals surface area (Å²) < 4.78 is 24.7. The van der Waals surface area contributed by atoms with E-state index in [9.17, 15) is 5.26 Å². The van der Waals surface area contributed by atoms with Crippen LogP contribution in [-0.4, -0.2) is 90.1 Å². The molecule has 2 aliphatic heterocycles. The quantitative estimate of drug-likeness (QED) is 0.368. The highest BCUT2D eigenvalue weighted by Gasteiger charge is 2.48. The van der Waals surface area contributed by atoms with E-state index in [2.05, 4.69) is 41.1 Å². The normalized spacial score (nSPS) is 24.5. The van der Waals surface area contributed by atoms with E-state index in [1.165, 1.54) is 5.56 Å². The molecule has 0 amide bonds. The SMILES string of the molecule is CC(Oc1cc(OCC2(N(C)C)COC2)nc(-c2noc3c2CCCC32CCCc3ccc(N)c(C#N)c32)n1)C1CCCN1C. The maximum Gasteiger partial charge on any atom is 0.221 e. The van der Waals surface area contributed by atoms with Gasteiger partial charge in [-0.2, -0.15) is 15.2 Å². The molecular formula is C34H43N7O4. The number of hydrogen-bond donors (Lipinski definition) is 1. The van der Waals surface area contributed by atoms with Crippen LogP contribution in [0.25, 0.3) is 11.5 Å². The van der Waals surface area contributed by atoms with Crippen molar-refractivity contribution in [3.05, 3.63) is 46.2 Å². The van der Waals surface area contributed by atoms with E-state index in [4.69, 9.17) is 34.4 Å². The van der Waals surface area contributed by atoms with E-state index in [-0.39, 0.29) is 11.6 Å². The molecule has 7 rings (SSSR count). The molecular weight excluding hydrogens is 570 g/mol. The Morgan fingerprint density at radius 3 is 2.62 bits per heavy atom. The minimum atomic E-state index is -0.454. The highest BCUT2D eigenvalue weighted by atomic mass is 16.5. The molecule has 238 valence electrons. The Morgan fingerprint density at radius 1 is 1.16 bits per heavy atom. The average Bonchev–Trinajstić information content (AvgIpc) is 3.64. The van der Waals surface area contributed by atoms with Crippen molar-refractivity contribution in [3.8, 4) is 29.3 Å². The molecule has 3 aromatic rings. The number of nitriles is 1. The lowest BCUT2D eigenvalue weighted by molar-refractivity contribution is -0.141. The molecule has 2 fully saturated rings. The first-order valence-electron chi connectivity index (χ1n) is 16.2. The van der Waals surface area contributed by atoms with Crippen molar-refractivity contribution in [1.29, 1.82) is 5.26 Å². The fraction of sp³-hybridized carbons (Fsp3) is 0.588. The average molecular weight is 614 g/mol. The smallest absolute Gasteiger partial charge is 0.221 e. The van der Waals surface area contributed by atoms with Crippen LogP contribution in [0.5, 0.6) is 11.8 Å². The lowest BCUT2D eigenvalue weighted by atomic mass is 9.61. The van der Waals surface area contributed by atoms with Gasteiger partial charge in [0, 0.05) is 17.3 Å². The molecule has 4 heterocycles. The molecule has 3 atom stereocenters. The summed E-state index contributed by atoms with van der Waals surface area (Å²) in [5, 5.41) is 14.8. The molecule has 1 aromatic carbocycles. The Morgan fingerprint density at radius 2 is 1.93 bits per heavy atom. The van der Waals surface area contributed by atoms with Crippen molar-refractivity contribution in [2.24, 2.45) is 0 Å². The van der Waals surface area contributed by atoms with Crippen molar-refractivity contribution in [3.63, 3.8) is 0 Å². The van der Waals surface area contributed by atoms with Crippen LogP contribution in [0.3, 0.4) is 0 Å². The molecule has 0 saturated carbocycles. The molecule has 45 heavy (non-hydrogen) atoms. The van der Waals surface area contributed by atoms with Gasteiger partial charge in [-0.05, 0) is 103 Å². The summed E-state index contributed by atoms with van der Waals surface area (Å²) in [5.41, 5.74) is 10.5. The number of nitrogens with two attached hydrogens (primary N) is 1. The van der Waals surface area contributed by atoms with Crippen LogP contribution in [0, 0.1) is 11.3 Å². The Kier molecular flexibility index (Phi) is 7.71. The van der Waals surface area contributed by atoms with Gasteiger partial charge in [0.1, 0.15) is 24.3 Å². The fourth-order valence-corrected chi connectivity index (χ4v) is 7.95. The zero-order chi connectivity index (χ0) is 31.3. The third kappa shape index (κ3) is 5.03. The first kappa shape index (κ1) is 30.0. The molecule has 0 bridgehead atoms. The van der Waals surface area contributed by atoms with Gasteiger partial charge in [-0.3, -0.25) is 9.80 Å². The van der Waals surface area contributed by atoms with Gasteiger partial charge in [0.05, 0.1) is 30.3 Å². The van der Waals surface area contributed by atoms with Crippen molar-refractivity contribution in [1.82, 2.24) is 24.9 Å². The number of hydrogen-bond acceptors (Lipinski definition) is 11. The number of rotatable bonds is 8. The summed E-state index contributed by atoms with van der Waals surface area (Å²) in [7, 11) is 6.22. The van der Waals surface area contributed by atoms with E-state index < -0.39 is 5.41 Å². The molecule has 2 aromatic heterocycles. The van der Waals surface area contributed by atoms with Crippen molar-refractivity contribution in [2.45, 2.75) is 81.4 Å². The summed E-state index contributed by atoms with van der Waals surface area (Å²) in [5.74, 6) is 2.11. The monoisotopic (exact) mass is 613 g/mol. The van der Waals surface area contributed by atoms with Gasteiger partial charge in [-0.25, -0.2) is 0 Å². The van der Waals surface area contributed by atoms with E-state index in [1.807, 2.05) is 20.2 Å². The standard InChI is InChI=1S/C34H43N7O4/c1-21(26-10-7-15-41(26)4)44-28-16-27(43-20-33(40(2)3)18-42-19-33)37-32(38-28)30-23-9-6-14-34(31(23)45-39-30)13-5-8-22-11-12-25(36)24(17-35)29(22)34/h11-12,16,21,26H,5-10,13-15,18-20,36H2,1-4H3. The Balaban J connectivity index is 1.28. The Bertz CT molecular complexity index is 1620. The molecule has 2 aliphatic carbocycles. The first-order chi connectivity index (χ1) is 21.7. The van der Waals surface area contributed by atoms with Gasteiger partial charge in [-0.1, -0.05) is 11.2 Å². The van der Waals surface area contributed by atoms with E-state index in [1.54, 1.807) is 6.07 Å². The summed E-state index contributed by atoms with van der Waals surface area (Å²) in [6.07, 6.45) is 7.55. The number of nitrogen functional groups attached to an aromatic ring is 1. The molecule has 2 N–H and O–H groups in total. The number of likely N-dealkylation sites (tertiary alicyclic amines) is 1. The lowest BCUT2D eigenvalue weighted by Crippen LogP contribution is -2.63. The van der Waals surface area contributed by atoms with Crippen LogP contribution in [-0.2, 0) is 23.0 Å². The second kappa shape index (κ2) is 11.6. The first-order valence-corrected chi connectivity index (χ1v) is 16.2. The number of ether oxygens (including phenoxy) is 3. The molecule has 2 saturated heterocycles. The van der Waals surface area contributed by atoms with Crippen LogP contribution in [0.4, 0.5) is 5.69 Å². The summed E-state index contributed by atoms with van der Waals surface area (Å²) in [4.78, 5) is 14.3. The van der Waals surface area contributed by atoms with Crippen LogP contribution < -0.4 is 15.2 Å². The number of fused-ring (bicyclic) bond motifs is 4. The number of aryl methyl sites for hydroxylation is 1. The zero-order valence-electron chi connectivity index (χ0n) is 26.8. The number of nitrogens with zero attached hydrogens (tertiary/aromatic N) is 6. The molecule has 4 aliphatic rings. The summed E-state index contributed by atoms with van der Waals surface area (Å²) >= 11 is 0. The second-order valence-electron chi connectivity index (χ2n) is 13.6. The number of likely N-dealkylation sites (N-methyl/N-ethyl adjacent to an activating group) is 2. The predicted molar refractivity (Wildman–Crippen MR) is 168 cm³/mol. The van der Waals surface area contributed by atoms with Gasteiger partial charge < -0.3 is 24.5 Å². The van der Waals surface area contributed by atoms with Crippen molar-refractivity contribution < 1.29 is 18.7 Å². The Hall–Kier alpha value is -3.72. The van der Waals surface area contributed by atoms with Gasteiger partial charge in [0.15, 0.2) is 17.3 Å². The second-order valence-corrected chi connectivity index (χ2v) is 13.6. The highest BCUT2D eigenvalue weighted by molar-refractivity contribution is 5.67. The van der Waals surface area contributed by atoms with Crippen molar-refractivity contribution in [2.75, 3.05) is 53.2 Å². The number of aromatic nitrogens is 3. The maximum absolute atomic E-state index is 10.2. The minimum absolute atomic E-state index is 0.0654. The predicted octanol–water partition coefficient (Wildman–Crippen LogP) is 4.12. The third-order valence-corrected chi connectivity index (χ3v) is 10.7. The van der Waals surface area contributed by atoms with Gasteiger partial charge >= 0.3 is 0 Å². The van der Waals surface area contributed by atoms with Crippen LogP contribution >= 0.6 is 0 Å². The van der Waals surface area contributed by atoms with E-state index in [0.717, 1.165) is 74.8 Å². The molecule has 0 radical (unpaired) electrons. The Labute approximate surface area is 264 Å². The topological polar surface area (TPSA) is 136 Å². The molecule has 11 heteroatoms. The third-order valence-electron chi connectivity index (χ3n) is 10.7. The zero-order valence-corrected chi connectivity index (χ0v) is 26.8. The largest absolute Gasteiger partial charge is 0.475 e. The molecule has 3 unspecified atom stereocenters. The maximum atomic E-state index is 10.2.